The fourth-order valence-electron chi connectivity index (χ4n) is 2.10. The number of amides is 1. The monoisotopic (exact) mass is 284 g/mol. The third-order valence-electron chi connectivity index (χ3n) is 3.12. The van der Waals surface area contributed by atoms with Gasteiger partial charge in [-0.2, -0.15) is 0 Å². The van der Waals surface area contributed by atoms with E-state index in [-0.39, 0.29) is 11.9 Å². The molecule has 0 aliphatic carbocycles. The van der Waals surface area contributed by atoms with Gasteiger partial charge >= 0.3 is 0 Å². The maximum Gasteiger partial charge on any atom is 0.244 e. The molecule has 0 radical (unpaired) electrons. The van der Waals surface area contributed by atoms with E-state index in [2.05, 4.69) is 15.3 Å². The number of carbonyl (C=O) groups is 1. The molecule has 0 saturated carbocycles. The lowest BCUT2D eigenvalue weighted by Crippen LogP contribution is -2.54. The molecule has 104 valence electrons. The summed E-state index contributed by atoms with van der Waals surface area (Å²) in [6, 6.07) is -0.386. The number of rotatable bonds is 2. The molecule has 1 saturated heterocycles. The molecule has 2 rings (SSSR count). The molecule has 1 aliphatic heterocycles. The van der Waals surface area contributed by atoms with Gasteiger partial charge in [0.2, 0.25) is 5.91 Å². The van der Waals surface area contributed by atoms with Gasteiger partial charge in [-0.15, -0.1) is 0 Å². The first-order chi connectivity index (χ1) is 9.04. The van der Waals surface area contributed by atoms with E-state index in [1.807, 2.05) is 11.8 Å². The van der Waals surface area contributed by atoms with Gasteiger partial charge in [0.25, 0.3) is 0 Å². The zero-order valence-corrected chi connectivity index (χ0v) is 12.0. The summed E-state index contributed by atoms with van der Waals surface area (Å²) in [7, 11) is 1.61. The van der Waals surface area contributed by atoms with Crippen LogP contribution in [0.3, 0.4) is 0 Å². The number of hydrogen-bond acceptors (Lipinski definition) is 5. The van der Waals surface area contributed by atoms with E-state index in [0.717, 1.165) is 5.56 Å². The Balaban J connectivity index is 2.40. The number of hydrogen-bond donors (Lipinski definition) is 1. The molecule has 2 heterocycles. The van der Waals surface area contributed by atoms with Crippen LogP contribution in [0.5, 0.6) is 0 Å². The van der Waals surface area contributed by atoms with Crippen LogP contribution in [0.4, 0.5) is 5.82 Å². The lowest BCUT2D eigenvalue weighted by molar-refractivity contribution is -0.124. The number of aromatic nitrogens is 2. The largest absolute Gasteiger partial charge is 0.377 e. The third kappa shape index (κ3) is 2.79. The summed E-state index contributed by atoms with van der Waals surface area (Å²) in [4.78, 5) is 22.4. The molecule has 1 aromatic heterocycles. The predicted molar refractivity (Wildman–Crippen MR) is 72.5 cm³/mol. The van der Waals surface area contributed by atoms with E-state index in [1.165, 1.54) is 0 Å². The Labute approximate surface area is 117 Å². The molecule has 1 fully saturated rings. The molecule has 1 atom stereocenters. The fourth-order valence-corrected chi connectivity index (χ4v) is 2.31. The van der Waals surface area contributed by atoms with Gasteiger partial charge < -0.3 is 15.0 Å². The van der Waals surface area contributed by atoms with Gasteiger partial charge in [0, 0.05) is 19.2 Å². The van der Waals surface area contributed by atoms with Gasteiger partial charge in [0.1, 0.15) is 22.8 Å². The second-order valence-electron chi connectivity index (χ2n) is 4.41. The highest BCUT2D eigenvalue weighted by molar-refractivity contribution is 6.30. The Hall–Kier alpha value is -1.40. The van der Waals surface area contributed by atoms with Gasteiger partial charge in [-0.3, -0.25) is 4.79 Å². The molecule has 1 aromatic rings. The van der Waals surface area contributed by atoms with E-state index in [9.17, 15) is 4.79 Å². The average molecular weight is 285 g/mol. The van der Waals surface area contributed by atoms with E-state index in [1.54, 1.807) is 14.0 Å². The summed E-state index contributed by atoms with van der Waals surface area (Å²) in [5.74, 6) is 1.20. The molecule has 0 aromatic carbocycles. The summed E-state index contributed by atoms with van der Waals surface area (Å²) in [6.45, 7) is 5.15. The van der Waals surface area contributed by atoms with Crippen molar-refractivity contribution in [1.29, 1.82) is 0 Å². The van der Waals surface area contributed by atoms with E-state index < -0.39 is 0 Å². The van der Waals surface area contributed by atoms with Crippen molar-refractivity contribution in [2.75, 3.05) is 31.7 Å². The third-order valence-corrected chi connectivity index (χ3v) is 3.49. The normalized spacial score (nSPS) is 19.4. The maximum atomic E-state index is 11.9. The smallest absolute Gasteiger partial charge is 0.244 e. The van der Waals surface area contributed by atoms with Gasteiger partial charge in [-0.05, 0) is 13.8 Å². The fraction of sp³-hybridized carbons (Fsp3) is 0.583. The minimum absolute atomic E-state index is 0.0912. The Morgan fingerprint density at radius 2 is 2.21 bits per heavy atom. The first-order valence-corrected chi connectivity index (χ1v) is 6.49. The van der Waals surface area contributed by atoms with Crippen LogP contribution in [0, 0.1) is 13.8 Å². The number of morpholine rings is 1. The van der Waals surface area contributed by atoms with Crippen molar-refractivity contribution in [3.05, 3.63) is 16.5 Å². The van der Waals surface area contributed by atoms with Gasteiger partial charge in [-0.1, -0.05) is 11.6 Å². The standard InChI is InChI=1S/C12H17ClN4O2/c1-7-10(13)15-8(2)16-11(7)17-4-5-19-6-9(17)12(18)14-3/h9H,4-6H2,1-3H3,(H,14,18). The number of anilines is 1. The highest BCUT2D eigenvalue weighted by Crippen LogP contribution is 2.26. The van der Waals surface area contributed by atoms with Gasteiger partial charge in [-0.25, -0.2) is 9.97 Å². The minimum Gasteiger partial charge on any atom is -0.377 e. The molecule has 1 N–H and O–H groups in total. The SMILES string of the molecule is CNC(=O)C1COCCN1c1nc(C)nc(Cl)c1C. The predicted octanol–water partition coefficient (Wildman–Crippen LogP) is 0.698. The number of likely N-dealkylation sites (N-methyl/N-ethyl adjacent to an activating group) is 1. The summed E-state index contributed by atoms with van der Waals surface area (Å²) in [6.07, 6.45) is 0. The quantitative estimate of drug-likeness (QED) is 0.810. The molecule has 1 unspecified atom stereocenters. The molecule has 1 aliphatic rings. The average Bonchev–Trinajstić information content (AvgIpc) is 2.42. The second kappa shape index (κ2) is 5.71. The van der Waals surface area contributed by atoms with Crippen molar-refractivity contribution in [3.8, 4) is 0 Å². The first kappa shape index (κ1) is 14.0. The summed E-state index contributed by atoms with van der Waals surface area (Å²) in [5, 5.41) is 3.07. The van der Waals surface area contributed by atoms with Crippen LogP contribution >= 0.6 is 11.6 Å². The molecule has 1 amide bonds. The van der Waals surface area contributed by atoms with Crippen molar-refractivity contribution in [1.82, 2.24) is 15.3 Å². The zero-order chi connectivity index (χ0) is 14.0. The van der Waals surface area contributed by atoms with Crippen molar-refractivity contribution in [2.45, 2.75) is 19.9 Å². The van der Waals surface area contributed by atoms with Crippen LogP contribution in [-0.2, 0) is 9.53 Å². The number of carbonyl (C=O) groups excluding carboxylic acids is 1. The Kier molecular flexibility index (Phi) is 4.21. The molecular formula is C12H17ClN4O2. The molecule has 7 heteroatoms. The topological polar surface area (TPSA) is 67.3 Å². The summed E-state index contributed by atoms with van der Waals surface area (Å²) < 4.78 is 5.38. The molecule has 6 nitrogen and oxygen atoms in total. The lowest BCUT2D eigenvalue weighted by atomic mass is 10.2. The number of nitrogens with zero attached hydrogens (tertiary/aromatic N) is 3. The van der Waals surface area contributed by atoms with E-state index in [4.69, 9.17) is 16.3 Å². The van der Waals surface area contributed by atoms with Crippen LogP contribution in [0.15, 0.2) is 0 Å². The second-order valence-corrected chi connectivity index (χ2v) is 4.77. The van der Waals surface area contributed by atoms with E-state index >= 15 is 0 Å². The number of halogens is 1. The molecule has 0 spiro atoms. The molecule has 19 heavy (non-hydrogen) atoms. The van der Waals surface area contributed by atoms with Crippen LogP contribution in [-0.4, -0.2) is 48.7 Å². The van der Waals surface area contributed by atoms with Gasteiger partial charge in [0.15, 0.2) is 0 Å². The Morgan fingerprint density at radius 3 is 2.89 bits per heavy atom. The number of aryl methyl sites for hydroxylation is 1. The van der Waals surface area contributed by atoms with Crippen LogP contribution < -0.4 is 10.2 Å². The minimum atomic E-state index is -0.386. The van der Waals surface area contributed by atoms with Crippen molar-refractivity contribution < 1.29 is 9.53 Å². The van der Waals surface area contributed by atoms with Crippen LogP contribution in [0.1, 0.15) is 11.4 Å². The number of nitrogens with one attached hydrogen (secondary N) is 1. The van der Waals surface area contributed by atoms with Crippen molar-refractivity contribution >= 4 is 23.3 Å². The molecule has 0 bridgehead atoms. The Bertz CT molecular complexity index is 495. The van der Waals surface area contributed by atoms with Crippen LogP contribution in [0.25, 0.3) is 0 Å². The first-order valence-electron chi connectivity index (χ1n) is 6.11. The summed E-state index contributed by atoms with van der Waals surface area (Å²) >= 11 is 6.09. The maximum absolute atomic E-state index is 11.9. The van der Waals surface area contributed by atoms with Crippen molar-refractivity contribution in [2.24, 2.45) is 0 Å². The Morgan fingerprint density at radius 1 is 1.47 bits per heavy atom. The lowest BCUT2D eigenvalue weighted by Gasteiger charge is -2.36. The van der Waals surface area contributed by atoms with Gasteiger partial charge in [0.05, 0.1) is 13.2 Å². The summed E-state index contributed by atoms with van der Waals surface area (Å²) in [5.41, 5.74) is 0.781. The highest BCUT2D eigenvalue weighted by atomic mass is 35.5. The van der Waals surface area contributed by atoms with Crippen LogP contribution in [0.2, 0.25) is 5.15 Å². The molecular weight excluding hydrogens is 268 g/mol. The highest BCUT2D eigenvalue weighted by Gasteiger charge is 2.31. The van der Waals surface area contributed by atoms with Crippen molar-refractivity contribution in [3.63, 3.8) is 0 Å². The van der Waals surface area contributed by atoms with E-state index in [0.29, 0.717) is 36.6 Å². The number of ether oxygens (including phenoxy) is 1. The zero-order valence-electron chi connectivity index (χ0n) is 11.2.